The molecule has 0 fully saturated rings. The highest BCUT2D eigenvalue weighted by Crippen LogP contribution is 1.91. The first-order valence-electron chi connectivity index (χ1n) is 2.49. The zero-order valence-electron chi connectivity index (χ0n) is 5.98. The summed E-state index contributed by atoms with van der Waals surface area (Å²) in [6, 6.07) is 0. The third kappa shape index (κ3) is 26.4. The van der Waals surface area contributed by atoms with Gasteiger partial charge in [-0.05, 0) is 6.42 Å². The molecule has 0 unspecified atom stereocenters. The van der Waals surface area contributed by atoms with Crippen LogP contribution in [0.2, 0.25) is 0 Å². The number of unbranched alkanes of at least 4 members (excludes halogenated alkanes) is 1. The first kappa shape index (κ1) is 22.8. The van der Waals surface area contributed by atoms with Crippen LogP contribution in [-0.4, -0.2) is 27.5 Å². The average molecular weight is 156 g/mol. The zero-order valence-corrected chi connectivity index (χ0v) is 5.98. The fraction of sp³-hybridized carbons (Fsp3) is 0.800. The molecule has 0 amide bonds. The van der Waals surface area contributed by atoms with Crippen molar-refractivity contribution in [1.82, 2.24) is 0 Å². The molecule has 0 rings (SSSR count). The van der Waals surface area contributed by atoms with Crippen LogP contribution in [0.25, 0.3) is 0 Å². The molecule has 0 aromatic heterocycles. The standard InChI is InChI=1S/C5H10O2.3H2O/c1-2-3-4-5(6)7;;;/h2-4H2,1H3,(H,6,7);3*1H2. The predicted molar refractivity (Wildman–Crippen MR) is 38.0 cm³/mol. The van der Waals surface area contributed by atoms with Crippen LogP contribution in [0.15, 0.2) is 0 Å². The van der Waals surface area contributed by atoms with Crippen molar-refractivity contribution >= 4 is 5.97 Å². The van der Waals surface area contributed by atoms with Gasteiger partial charge in [-0.3, -0.25) is 4.79 Å². The Bertz CT molecular complexity index is 63.1. The molecule has 5 nitrogen and oxygen atoms in total. The molecular weight excluding hydrogens is 140 g/mol. The molecule has 0 bridgehead atoms. The van der Waals surface area contributed by atoms with Gasteiger partial charge >= 0.3 is 5.97 Å². The van der Waals surface area contributed by atoms with E-state index in [9.17, 15) is 4.79 Å². The zero-order chi connectivity index (χ0) is 5.70. The minimum absolute atomic E-state index is 0. The van der Waals surface area contributed by atoms with Crippen LogP contribution in [0, 0.1) is 0 Å². The molecule has 0 heterocycles. The van der Waals surface area contributed by atoms with Crippen molar-refractivity contribution < 1.29 is 26.3 Å². The highest BCUT2D eigenvalue weighted by Gasteiger charge is 1.90. The number of carboxylic acids is 1. The quantitative estimate of drug-likeness (QED) is 0.549. The Balaban J connectivity index is -0.0000000600. The van der Waals surface area contributed by atoms with Gasteiger partial charge in [0, 0.05) is 6.42 Å². The van der Waals surface area contributed by atoms with Crippen molar-refractivity contribution in [3.05, 3.63) is 0 Å². The van der Waals surface area contributed by atoms with E-state index in [1.165, 1.54) is 0 Å². The Morgan fingerprint density at radius 3 is 1.80 bits per heavy atom. The highest BCUT2D eigenvalue weighted by molar-refractivity contribution is 5.66. The minimum Gasteiger partial charge on any atom is -0.481 e. The second kappa shape index (κ2) is 15.8. The summed E-state index contributed by atoms with van der Waals surface area (Å²) in [7, 11) is 0. The van der Waals surface area contributed by atoms with Crippen molar-refractivity contribution in [3.8, 4) is 0 Å². The Morgan fingerprint density at radius 1 is 1.30 bits per heavy atom. The Hall–Kier alpha value is -0.650. The molecule has 0 atom stereocenters. The van der Waals surface area contributed by atoms with Crippen LogP contribution in [-0.2, 0) is 4.79 Å². The summed E-state index contributed by atoms with van der Waals surface area (Å²) in [5.41, 5.74) is 0. The normalized spacial score (nSPS) is 6.10. The molecule has 0 aliphatic carbocycles. The number of hydrogen-bond acceptors (Lipinski definition) is 1. The van der Waals surface area contributed by atoms with E-state index in [0.29, 0.717) is 6.42 Å². The minimum atomic E-state index is -0.693. The van der Waals surface area contributed by atoms with Crippen LogP contribution < -0.4 is 0 Å². The van der Waals surface area contributed by atoms with E-state index in [1.807, 2.05) is 6.92 Å². The lowest BCUT2D eigenvalue weighted by Crippen LogP contribution is -1.91. The smallest absolute Gasteiger partial charge is 0.303 e. The lowest BCUT2D eigenvalue weighted by molar-refractivity contribution is -0.137. The van der Waals surface area contributed by atoms with Crippen molar-refractivity contribution in [2.75, 3.05) is 0 Å². The summed E-state index contributed by atoms with van der Waals surface area (Å²) in [5, 5.41) is 8.04. The molecule has 0 aromatic rings. The summed E-state index contributed by atoms with van der Waals surface area (Å²) in [6.45, 7) is 1.98. The fourth-order valence-corrected chi connectivity index (χ4v) is 0.328. The van der Waals surface area contributed by atoms with Gasteiger partial charge in [0.15, 0.2) is 0 Å². The lowest BCUT2D eigenvalue weighted by Gasteiger charge is -1.85. The van der Waals surface area contributed by atoms with Gasteiger partial charge in [0.1, 0.15) is 0 Å². The van der Waals surface area contributed by atoms with Gasteiger partial charge in [0.05, 0.1) is 0 Å². The second-order valence-corrected chi connectivity index (χ2v) is 1.50. The largest absolute Gasteiger partial charge is 0.481 e. The van der Waals surface area contributed by atoms with Gasteiger partial charge in [-0.1, -0.05) is 13.3 Å². The molecule has 0 spiro atoms. The topological polar surface area (TPSA) is 132 Å². The molecule has 0 radical (unpaired) electrons. The maximum Gasteiger partial charge on any atom is 0.303 e. The van der Waals surface area contributed by atoms with Gasteiger partial charge < -0.3 is 21.5 Å². The first-order chi connectivity index (χ1) is 3.27. The Labute approximate surface area is 59.6 Å². The molecule has 10 heavy (non-hydrogen) atoms. The molecule has 0 aliphatic heterocycles. The SMILES string of the molecule is CCCCC(=O)O.O.O.O. The van der Waals surface area contributed by atoms with Crippen LogP contribution in [0.3, 0.4) is 0 Å². The average Bonchev–Trinajstić information content (AvgIpc) is 1.61. The number of rotatable bonds is 3. The van der Waals surface area contributed by atoms with E-state index in [4.69, 9.17) is 5.11 Å². The number of carbonyl (C=O) groups is 1. The van der Waals surface area contributed by atoms with E-state index < -0.39 is 5.97 Å². The van der Waals surface area contributed by atoms with E-state index in [2.05, 4.69) is 0 Å². The Kier molecular flexibility index (Phi) is 35.9. The second-order valence-electron chi connectivity index (χ2n) is 1.50. The van der Waals surface area contributed by atoms with Gasteiger partial charge in [0.2, 0.25) is 0 Å². The molecule has 5 heteroatoms. The van der Waals surface area contributed by atoms with Crippen molar-refractivity contribution in [2.45, 2.75) is 26.2 Å². The van der Waals surface area contributed by atoms with E-state index in [1.54, 1.807) is 0 Å². The Morgan fingerprint density at radius 2 is 1.70 bits per heavy atom. The summed E-state index contributed by atoms with van der Waals surface area (Å²) in [5.74, 6) is -0.693. The molecule has 0 aliphatic rings. The van der Waals surface area contributed by atoms with Crippen LogP contribution in [0.4, 0.5) is 0 Å². The number of carboxylic acid groups (broad SMARTS) is 1. The van der Waals surface area contributed by atoms with Crippen molar-refractivity contribution in [1.29, 1.82) is 0 Å². The molecule has 66 valence electrons. The molecule has 0 saturated carbocycles. The summed E-state index contributed by atoms with van der Waals surface area (Å²) < 4.78 is 0. The molecular formula is C5H16O5. The van der Waals surface area contributed by atoms with Gasteiger partial charge in [-0.25, -0.2) is 0 Å². The van der Waals surface area contributed by atoms with E-state index in [-0.39, 0.29) is 16.4 Å². The van der Waals surface area contributed by atoms with Gasteiger partial charge in [0.25, 0.3) is 0 Å². The van der Waals surface area contributed by atoms with E-state index >= 15 is 0 Å². The van der Waals surface area contributed by atoms with E-state index in [0.717, 1.165) is 12.8 Å². The molecule has 0 saturated heterocycles. The number of aliphatic carboxylic acids is 1. The van der Waals surface area contributed by atoms with Gasteiger partial charge in [-0.15, -0.1) is 0 Å². The molecule has 0 aromatic carbocycles. The highest BCUT2D eigenvalue weighted by atomic mass is 16.4. The fourth-order valence-electron chi connectivity index (χ4n) is 0.328. The summed E-state index contributed by atoms with van der Waals surface area (Å²) in [4.78, 5) is 9.76. The third-order valence-electron chi connectivity index (χ3n) is 0.744. The predicted octanol–water partition coefficient (Wildman–Crippen LogP) is -1.21. The lowest BCUT2D eigenvalue weighted by atomic mass is 10.3. The van der Waals surface area contributed by atoms with Crippen LogP contribution in [0.1, 0.15) is 26.2 Å². The first-order valence-corrected chi connectivity index (χ1v) is 2.49. The summed E-state index contributed by atoms with van der Waals surface area (Å²) in [6.07, 6.45) is 2.08. The molecule has 7 N–H and O–H groups in total. The number of hydrogen-bond donors (Lipinski definition) is 1. The van der Waals surface area contributed by atoms with Crippen molar-refractivity contribution in [2.24, 2.45) is 0 Å². The third-order valence-corrected chi connectivity index (χ3v) is 0.744. The maximum absolute atomic E-state index is 9.76. The monoisotopic (exact) mass is 156 g/mol. The van der Waals surface area contributed by atoms with Crippen LogP contribution >= 0.6 is 0 Å². The maximum atomic E-state index is 9.76. The summed E-state index contributed by atoms with van der Waals surface area (Å²) >= 11 is 0. The van der Waals surface area contributed by atoms with Gasteiger partial charge in [-0.2, -0.15) is 0 Å². The van der Waals surface area contributed by atoms with Crippen molar-refractivity contribution in [3.63, 3.8) is 0 Å². The van der Waals surface area contributed by atoms with Crippen LogP contribution in [0.5, 0.6) is 0 Å².